The number of aryl methyl sites for hydroxylation is 1. The highest BCUT2D eigenvalue weighted by atomic mass is 32.1. The largest absolute Gasteiger partial charge is 0.311 e. The van der Waals surface area contributed by atoms with E-state index in [0.717, 1.165) is 64.3 Å². The van der Waals surface area contributed by atoms with Gasteiger partial charge in [0.15, 0.2) is 0 Å². The van der Waals surface area contributed by atoms with Crippen LogP contribution in [0.15, 0.2) is 285 Å². The molecule has 0 spiro atoms. The standard InChI is InChI=1S/C86H65BN4S/c1-5-6-32-66-76(47-48-82-83(66)67-37-20-25-42-81(67)92-82)90-77-53-60(88-72-38-21-16-33-62(72)63-34-17-22-39-73(63)88)43-45-70(77)87-71-46-44-61(89-74-40-23-18-35-64(74)65-36-19-24-41-75(65)89)54-78(71)91(80-52-59(86(2,3)4)51-79(90)84(80)87)85-68(56-28-12-8-13-29-56)49-58(55-26-10-7-11-27-55)50-69(85)57-30-14-9-15-31-57/h7-31,33-54H,5-6,32H2,1-4H3. The van der Waals surface area contributed by atoms with E-state index in [-0.39, 0.29) is 12.1 Å². The van der Waals surface area contributed by atoms with Gasteiger partial charge in [-0.15, -0.1) is 11.3 Å². The van der Waals surface area contributed by atoms with Crippen molar-refractivity contribution in [2.24, 2.45) is 0 Å². The van der Waals surface area contributed by atoms with Gasteiger partial charge in [0.1, 0.15) is 0 Å². The van der Waals surface area contributed by atoms with Gasteiger partial charge in [-0.1, -0.05) is 228 Å². The first-order valence-corrected chi connectivity index (χ1v) is 33.4. The fourth-order valence-electron chi connectivity index (χ4n) is 15.6. The number of rotatable bonds is 10. The van der Waals surface area contributed by atoms with Crippen molar-refractivity contribution in [3.05, 3.63) is 296 Å². The van der Waals surface area contributed by atoms with Crippen LogP contribution >= 0.6 is 11.3 Å². The van der Waals surface area contributed by atoms with Gasteiger partial charge < -0.3 is 18.9 Å². The van der Waals surface area contributed by atoms with Crippen LogP contribution < -0.4 is 26.2 Å². The van der Waals surface area contributed by atoms with Crippen molar-refractivity contribution in [3.63, 3.8) is 0 Å². The molecule has 438 valence electrons. The van der Waals surface area contributed by atoms with Crippen LogP contribution in [0.3, 0.4) is 0 Å². The first kappa shape index (κ1) is 54.3. The zero-order chi connectivity index (χ0) is 61.3. The Labute approximate surface area is 541 Å². The molecule has 3 aromatic heterocycles. The van der Waals surface area contributed by atoms with Gasteiger partial charge in [-0.3, -0.25) is 0 Å². The molecule has 0 radical (unpaired) electrons. The van der Waals surface area contributed by atoms with E-state index in [9.17, 15) is 0 Å². The Balaban J connectivity index is 1.01. The van der Waals surface area contributed by atoms with E-state index < -0.39 is 0 Å². The summed E-state index contributed by atoms with van der Waals surface area (Å²) in [5, 5.41) is 7.69. The SMILES string of the molecule is CCCCc1c(N2c3cc(-n4c5ccccc5c5ccccc54)ccc3B3c4ccc(-n5c6ccccc6c6ccccc65)cc4N(c4c(-c5ccccc5)cc(-c5ccccc5)cc4-c4ccccc4)c4cc(C(C)(C)C)cc2c43)ccc2sc3ccccc3c12. The number of hydrogen-bond donors (Lipinski definition) is 0. The molecule has 92 heavy (non-hydrogen) atoms. The maximum atomic E-state index is 2.73. The van der Waals surface area contributed by atoms with Crippen LogP contribution in [0.4, 0.5) is 34.1 Å². The molecule has 0 aliphatic carbocycles. The van der Waals surface area contributed by atoms with Crippen LogP contribution in [-0.2, 0) is 11.8 Å². The van der Waals surface area contributed by atoms with E-state index in [1.54, 1.807) is 0 Å². The van der Waals surface area contributed by atoms with Crippen LogP contribution in [0.25, 0.3) is 109 Å². The molecule has 6 heteroatoms. The summed E-state index contributed by atoms with van der Waals surface area (Å²) in [6.07, 6.45) is 3.10. The molecule has 4 nitrogen and oxygen atoms in total. The molecule has 2 aliphatic rings. The third kappa shape index (κ3) is 8.36. The number of thiophene rings is 1. The summed E-state index contributed by atoms with van der Waals surface area (Å²) in [5.74, 6) is 0. The van der Waals surface area contributed by atoms with E-state index in [1.807, 2.05) is 11.3 Å². The molecular formula is C86H65BN4S. The van der Waals surface area contributed by atoms with Crippen molar-refractivity contribution in [3.8, 4) is 44.8 Å². The van der Waals surface area contributed by atoms with Gasteiger partial charge in [-0.05, 0) is 159 Å². The van der Waals surface area contributed by atoms with E-state index in [1.165, 1.54) is 125 Å². The summed E-state index contributed by atoms with van der Waals surface area (Å²) < 4.78 is 7.67. The molecular weight excluding hydrogens is 1130 g/mol. The number of nitrogens with zero attached hydrogens (tertiary/aromatic N) is 4. The van der Waals surface area contributed by atoms with E-state index >= 15 is 0 Å². The maximum absolute atomic E-state index is 2.73. The smallest absolute Gasteiger partial charge is 0.252 e. The second-order valence-electron chi connectivity index (χ2n) is 26.2. The Morgan fingerprint density at radius 2 is 0.815 bits per heavy atom. The van der Waals surface area contributed by atoms with E-state index in [2.05, 4.69) is 332 Å². The van der Waals surface area contributed by atoms with Crippen LogP contribution in [0, 0.1) is 0 Å². The number of para-hydroxylation sites is 4. The zero-order valence-electron chi connectivity index (χ0n) is 52.0. The summed E-state index contributed by atoms with van der Waals surface area (Å²) in [6.45, 7) is 9.37. The minimum absolute atomic E-state index is 0.167. The summed E-state index contributed by atoms with van der Waals surface area (Å²) in [5.41, 5.74) is 27.3. The predicted octanol–water partition coefficient (Wildman–Crippen LogP) is 22.0. The minimum atomic E-state index is -0.269. The molecule has 13 aromatic carbocycles. The highest BCUT2D eigenvalue weighted by Gasteiger charge is 2.46. The highest BCUT2D eigenvalue weighted by Crippen LogP contribution is 2.54. The molecule has 0 saturated heterocycles. The molecule has 0 atom stereocenters. The molecule has 16 aromatic rings. The summed E-state index contributed by atoms with van der Waals surface area (Å²) in [4.78, 5) is 5.46. The zero-order valence-corrected chi connectivity index (χ0v) is 52.8. The topological polar surface area (TPSA) is 16.3 Å². The lowest BCUT2D eigenvalue weighted by atomic mass is 9.33. The summed E-state index contributed by atoms with van der Waals surface area (Å²) in [6, 6.07) is 108. The third-order valence-electron chi connectivity index (χ3n) is 19.8. The molecule has 0 bridgehead atoms. The first-order chi connectivity index (χ1) is 45.3. The second-order valence-corrected chi connectivity index (χ2v) is 27.2. The number of unbranched alkanes of at least 4 members (excludes halogenated alkanes) is 1. The van der Waals surface area contributed by atoms with Crippen LogP contribution in [-0.4, -0.2) is 15.8 Å². The lowest BCUT2D eigenvalue weighted by molar-refractivity contribution is 0.590. The Hall–Kier alpha value is -10.7. The molecule has 2 aliphatic heterocycles. The molecule has 0 amide bonds. The number of fused-ring (bicyclic) bond motifs is 13. The lowest BCUT2D eigenvalue weighted by Gasteiger charge is -2.46. The third-order valence-corrected chi connectivity index (χ3v) is 21.0. The number of anilines is 6. The fraction of sp³-hybridized carbons (Fsp3) is 0.0930. The van der Waals surface area contributed by atoms with Crippen LogP contribution in [0.5, 0.6) is 0 Å². The maximum Gasteiger partial charge on any atom is 0.252 e. The van der Waals surface area contributed by atoms with Crippen molar-refractivity contribution in [1.82, 2.24) is 9.13 Å². The van der Waals surface area contributed by atoms with Gasteiger partial charge in [-0.25, -0.2) is 0 Å². The molecule has 0 fully saturated rings. The first-order valence-electron chi connectivity index (χ1n) is 32.6. The minimum Gasteiger partial charge on any atom is -0.311 e. The van der Waals surface area contributed by atoms with Gasteiger partial charge >= 0.3 is 0 Å². The molecule has 0 N–H and O–H groups in total. The average Bonchev–Trinajstić information content (AvgIpc) is 0.936. The molecule has 0 unspecified atom stereocenters. The second kappa shape index (κ2) is 21.2. The Bertz CT molecular complexity index is 5470. The quantitative estimate of drug-likeness (QED) is 0.127. The van der Waals surface area contributed by atoms with Crippen LogP contribution in [0.1, 0.15) is 51.7 Å². The van der Waals surface area contributed by atoms with Crippen molar-refractivity contribution in [2.75, 3.05) is 9.80 Å². The van der Waals surface area contributed by atoms with Gasteiger partial charge in [0.2, 0.25) is 0 Å². The van der Waals surface area contributed by atoms with Crippen LogP contribution in [0.2, 0.25) is 0 Å². The van der Waals surface area contributed by atoms with Gasteiger partial charge in [-0.2, -0.15) is 0 Å². The van der Waals surface area contributed by atoms with Crippen molar-refractivity contribution < 1.29 is 0 Å². The number of aromatic nitrogens is 2. The number of benzene rings is 13. The van der Waals surface area contributed by atoms with Crippen molar-refractivity contribution >= 4 is 132 Å². The lowest BCUT2D eigenvalue weighted by Crippen LogP contribution is -2.61. The Morgan fingerprint density at radius 3 is 1.32 bits per heavy atom. The van der Waals surface area contributed by atoms with Crippen molar-refractivity contribution in [2.45, 2.75) is 52.4 Å². The Morgan fingerprint density at radius 1 is 0.370 bits per heavy atom. The normalized spacial score (nSPS) is 12.8. The average molecular weight is 1200 g/mol. The summed E-state index contributed by atoms with van der Waals surface area (Å²) in [7, 11) is 0. The molecule has 18 rings (SSSR count). The van der Waals surface area contributed by atoms with Gasteiger partial charge in [0, 0.05) is 92.7 Å². The Kier molecular flexibility index (Phi) is 12.5. The van der Waals surface area contributed by atoms with Gasteiger partial charge in [0.05, 0.1) is 27.8 Å². The van der Waals surface area contributed by atoms with E-state index in [4.69, 9.17) is 0 Å². The summed E-state index contributed by atoms with van der Waals surface area (Å²) >= 11 is 1.92. The fourth-order valence-corrected chi connectivity index (χ4v) is 16.8. The predicted molar refractivity (Wildman–Crippen MR) is 396 cm³/mol. The highest BCUT2D eigenvalue weighted by molar-refractivity contribution is 7.25. The number of hydrogen-bond acceptors (Lipinski definition) is 3. The monoisotopic (exact) mass is 1200 g/mol. The van der Waals surface area contributed by atoms with Crippen molar-refractivity contribution in [1.29, 1.82) is 0 Å². The molecule has 5 heterocycles. The van der Waals surface area contributed by atoms with E-state index in [0.29, 0.717) is 0 Å². The van der Waals surface area contributed by atoms with Gasteiger partial charge in [0.25, 0.3) is 6.71 Å². The molecule has 0 saturated carbocycles.